The van der Waals surface area contributed by atoms with Crippen LogP contribution in [0.1, 0.15) is 13.3 Å². The molecule has 1 radical (unpaired) electrons. The van der Waals surface area contributed by atoms with E-state index in [1.54, 1.807) is 0 Å². The smallest absolute Gasteiger partial charge is 0.307 e. The Labute approximate surface area is 132 Å². The summed E-state index contributed by atoms with van der Waals surface area (Å²) in [6.45, 7) is 9.59. The first-order valence-corrected chi connectivity index (χ1v) is 7.10. The predicted molar refractivity (Wildman–Crippen MR) is 77.0 cm³/mol. The summed E-state index contributed by atoms with van der Waals surface area (Å²) in [6.07, 6.45) is 0.448. The minimum atomic E-state index is -0.124. The topological polar surface area (TPSA) is 71.8 Å². The summed E-state index contributed by atoms with van der Waals surface area (Å²) in [4.78, 5) is 13.6. The molecule has 0 unspecified atom stereocenters. The molecule has 1 aliphatic heterocycles. The maximum Gasteiger partial charge on any atom is 0.307 e. The number of rotatable bonds is 4. The van der Waals surface area contributed by atoms with Crippen molar-refractivity contribution >= 4 is 5.97 Å². The third-order valence-corrected chi connectivity index (χ3v) is 2.92. The molecule has 0 N–H and O–H groups in total. The first-order chi connectivity index (χ1) is 9.33. The van der Waals surface area contributed by atoms with Gasteiger partial charge in [0.25, 0.3) is 0 Å². The minimum absolute atomic E-state index is 0. The van der Waals surface area contributed by atoms with Crippen LogP contribution in [0, 0.1) is 0 Å². The molecule has 0 aliphatic carbocycles. The Balaban J connectivity index is 0.00000361. The molecule has 0 aromatic carbocycles. The molecule has 123 valence electrons. The van der Waals surface area contributed by atoms with Gasteiger partial charge in [-0.25, -0.2) is 0 Å². The van der Waals surface area contributed by atoms with E-state index in [1.807, 2.05) is 6.92 Å². The summed E-state index contributed by atoms with van der Waals surface area (Å²) in [7, 11) is 0. The van der Waals surface area contributed by atoms with E-state index in [0.29, 0.717) is 13.0 Å². The fourth-order valence-corrected chi connectivity index (χ4v) is 1.86. The van der Waals surface area contributed by atoms with E-state index in [1.165, 1.54) is 0 Å². The first-order valence-electron chi connectivity index (χ1n) is 7.10. The fourth-order valence-electron chi connectivity index (χ4n) is 1.86. The van der Waals surface area contributed by atoms with Crippen molar-refractivity contribution in [1.82, 2.24) is 4.90 Å². The Bertz CT molecular complexity index is 232. The fraction of sp³-hybridized carbons (Fsp3) is 0.923. The number of hydrogen-bond acceptors (Lipinski definition) is 3. The average molecular weight is 333 g/mol. The summed E-state index contributed by atoms with van der Waals surface area (Å²) >= 11 is 0. The van der Waals surface area contributed by atoms with Crippen LogP contribution in [0.3, 0.4) is 0 Å². The molecular formula is C13H25CuN4O2-3. The van der Waals surface area contributed by atoms with Crippen LogP contribution in [0.4, 0.5) is 0 Å². The quantitative estimate of drug-likeness (QED) is 0.576. The standard InChI is InChI=1S/C13H25N4O2.Cu/c1-2-19-13(18)3-10-17-11-8-15-6-4-14-5-7-16-9-12-17;/h2-12H2,1H3;/q-3;. The molecule has 0 bridgehead atoms. The summed E-state index contributed by atoms with van der Waals surface area (Å²) in [6, 6.07) is 0. The normalized spacial score (nSPS) is 19.2. The molecule has 7 heteroatoms. The second-order valence-corrected chi connectivity index (χ2v) is 4.41. The Morgan fingerprint density at radius 3 is 2.00 bits per heavy atom. The number of hydrogen-bond donors (Lipinski definition) is 0. The monoisotopic (exact) mass is 332 g/mol. The molecule has 0 spiro atoms. The molecule has 0 amide bonds. The minimum Gasteiger partial charge on any atom is -0.665 e. The molecule has 0 aromatic heterocycles. The van der Waals surface area contributed by atoms with Crippen molar-refractivity contribution in [2.75, 3.05) is 65.5 Å². The molecule has 20 heavy (non-hydrogen) atoms. The van der Waals surface area contributed by atoms with Gasteiger partial charge in [0.2, 0.25) is 0 Å². The molecule has 1 rings (SSSR count). The second kappa shape index (κ2) is 13.8. The largest absolute Gasteiger partial charge is 0.665 e. The Hall–Kier alpha value is -0.171. The summed E-state index contributed by atoms with van der Waals surface area (Å²) in [5.74, 6) is -0.124. The zero-order chi connectivity index (χ0) is 13.8. The summed E-state index contributed by atoms with van der Waals surface area (Å²) < 4.78 is 4.95. The van der Waals surface area contributed by atoms with Gasteiger partial charge in [-0.15, -0.1) is 13.1 Å². The average Bonchev–Trinajstić information content (AvgIpc) is 2.38. The zero-order valence-corrected chi connectivity index (χ0v) is 13.1. The molecule has 1 heterocycles. The van der Waals surface area contributed by atoms with Crippen molar-refractivity contribution in [2.24, 2.45) is 0 Å². The van der Waals surface area contributed by atoms with E-state index in [9.17, 15) is 4.79 Å². The third kappa shape index (κ3) is 10.6. The van der Waals surface area contributed by atoms with E-state index in [0.717, 1.165) is 58.9 Å². The van der Waals surface area contributed by atoms with E-state index in [2.05, 4.69) is 20.9 Å². The molecule has 1 saturated heterocycles. The van der Waals surface area contributed by atoms with Crippen molar-refractivity contribution in [1.29, 1.82) is 0 Å². The van der Waals surface area contributed by atoms with E-state index in [-0.39, 0.29) is 23.0 Å². The maximum absolute atomic E-state index is 11.4. The Morgan fingerprint density at radius 2 is 1.50 bits per heavy atom. The number of esters is 1. The first kappa shape index (κ1) is 19.8. The molecule has 1 aliphatic rings. The van der Waals surface area contributed by atoms with Gasteiger partial charge >= 0.3 is 5.97 Å². The summed E-state index contributed by atoms with van der Waals surface area (Å²) in [5.41, 5.74) is 0. The van der Waals surface area contributed by atoms with Crippen LogP contribution in [0.5, 0.6) is 0 Å². The van der Waals surface area contributed by atoms with Crippen LogP contribution in [0.2, 0.25) is 0 Å². The number of nitrogens with zero attached hydrogens (tertiary/aromatic N) is 4. The molecule has 0 saturated carbocycles. The maximum atomic E-state index is 11.4. The molecule has 6 nitrogen and oxygen atoms in total. The van der Waals surface area contributed by atoms with Gasteiger partial charge in [-0.3, -0.25) is 4.79 Å². The van der Waals surface area contributed by atoms with Gasteiger partial charge in [0, 0.05) is 23.6 Å². The van der Waals surface area contributed by atoms with E-state index < -0.39 is 0 Å². The van der Waals surface area contributed by atoms with Crippen LogP contribution in [-0.2, 0) is 26.6 Å². The van der Waals surface area contributed by atoms with E-state index in [4.69, 9.17) is 4.74 Å². The van der Waals surface area contributed by atoms with Gasteiger partial charge in [0.15, 0.2) is 0 Å². The van der Waals surface area contributed by atoms with Gasteiger partial charge in [-0.05, 0) is 20.0 Å². The van der Waals surface area contributed by atoms with Gasteiger partial charge in [0.1, 0.15) is 0 Å². The molecular weight excluding hydrogens is 308 g/mol. The van der Waals surface area contributed by atoms with Gasteiger partial charge < -0.3 is 25.6 Å². The van der Waals surface area contributed by atoms with Crippen LogP contribution >= 0.6 is 0 Å². The van der Waals surface area contributed by atoms with Crippen molar-refractivity contribution in [3.8, 4) is 0 Å². The molecule has 1 fully saturated rings. The number of carbonyl (C=O) groups excluding carboxylic acids is 1. The Kier molecular flexibility index (Phi) is 13.7. The molecule has 0 atom stereocenters. The zero-order valence-electron chi connectivity index (χ0n) is 12.2. The van der Waals surface area contributed by atoms with Crippen LogP contribution in [-0.4, -0.2) is 76.4 Å². The van der Waals surface area contributed by atoms with Crippen molar-refractivity contribution < 1.29 is 26.6 Å². The van der Waals surface area contributed by atoms with E-state index >= 15 is 0 Å². The summed E-state index contributed by atoms with van der Waals surface area (Å²) in [5, 5.41) is 13.2. The number of ether oxygens (including phenoxy) is 1. The number of carbonyl (C=O) groups is 1. The third-order valence-electron chi connectivity index (χ3n) is 2.92. The SMILES string of the molecule is CCOC(=O)CCN1CC[N-]CC[N-]CC[N-]CC1.[Cu]. The van der Waals surface area contributed by atoms with Gasteiger partial charge in [-0.2, -0.15) is 26.2 Å². The van der Waals surface area contributed by atoms with Crippen molar-refractivity contribution in [3.63, 3.8) is 0 Å². The van der Waals surface area contributed by atoms with Crippen molar-refractivity contribution in [3.05, 3.63) is 16.0 Å². The Morgan fingerprint density at radius 1 is 1.00 bits per heavy atom. The molecule has 0 aromatic rings. The second-order valence-electron chi connectivity index (χ2n) is 4.41. The van der Waals surface area contributed by atoms with Crippen LogP contribution < -0.4 is 0 Å². The van der Waals surface area contributed by atoms with Crippen LogP contribution in [0.15, 0.2) is 0 Å². The van der Waals surface area contributed by atoms with Gasteiger partial charge in [0.05, 0.1) is 13.0 Å². The van der Waals surface area contributed by atoms with Gasteiger partial charge in [-0.1, -0.05) is 0 Å². The van der Waals surface area contributed by atoms with Crippen LogP contribution in [0.25, 0.3) is 16.0 Å². The predicted octanol–water partition coefficient (Wildman–Crippen LogP) is 1.37. The van der Waals surface area contributed by atoms with Crippen molar-refractivity contribution in [2.45, 2.75) is 13.3 Å².